The molecule has 26 heavy (non-hydrogen) atoms. The van der Waals surface area contributed by atoms with E-state index in [0.717, 1.165) is 49.1 Å². The van der Waals surface area contributed by atoms with Crippen LogP contribution in [0.2, 0.25) is 0 Å². The van der Waals surface area contributed by atoms with E-state index in [1.807, 2.05) is 24.3 Å². The van der Waals surface area contributed by atoms with E-state index < -0.39 is 0 Å². The number of aliphatic imine (C=N–C) groups is 1. The first-order valence-corrected chi connectivity index (χ1v) is 9.86. The second kappa shape index (κ2) is 13.6. The number of carbonyl (C=O) groups excluding carboxylic acids is 1. The van der Waals surface area contributed by atoms with Crippen LogP contribution in [0.1, 0.15) is 31.7 Å². The van der Waals surface area contributed by atoms with E-state index in [4.69, 9.17) is 4.74 Å². The van der Waals surface area contributed by atoms with Crippen LogP contribution in [0, 0.1) is 0 Å². The van der Waals surface area contributed by atoms with Crippen molar-refractivity contribution in [1.82, 2.24) is 15.5 Å². The third-order valence-corrected chi connectivity index (χ3v) is 4.17. The quantitative estimate of drug-likeness (QED) is 0.324. The molecule has 146 valence electrons. The first-order valence-electron chi connectivity index (χ1n) is 9.07. The van der Waals surface area contributed by atoms with Gasteiger partial charge in [-0.15, -0.1) is 0 Å². The van der Waals surface area contributed by atoms with Crippen molar-refractivity contribution in [2.75, 3.05) is 40.4 Å². The molecule has 2 N–H and O–H groups in total. The third-order valence-electron chi connectivity index (χ3n) is 3.64. The molecule has 0 saturated carbocycles. The molecule has 1 aromatic rings. The standard InChI is InChI=1S/C19H31BrN4O2/c1-4-5-12-26-13-6-11-21-19(23-15-18(25)24(2)3)22-14-16-7-9-17(20)10-8-16/h7-10H,4-6,11-15H2,1-3H3,(H2,21,22,23). The molecule has 0 unspecified atom stereocenters. The summed E-state index contributed by atoms with van der Waals surface area (Å²) in [5, 5.41) is 6.36. The molecule has 0 radical (unpaired) electrons. The summed E-state index contributed by atoms with van der Waals surface area (Å²) in [6, 6.07) is 8.04. The Morgan fingerprint density at radius 2 is 1.85 bits per heavy atom. The van der Waals surface area contributed by atoms with Crippen LogP contribution in [-0.2, 0) is 16.1 Å². The van der Waals surface area contributed by atoms with Gasteiger partial charge >= 0.3 is 0 Å². The summed E-state index contributed by atoms with van der Waals surface area (Å²) in [7, 11) is 3.48. The van der Waals surface area contributed by atoms with Crippen LogP contribution < -0.4 is 10.6 Å². The molecule has 0 aliphatic rings. The number of ether oxygens (including phenoxy) is 1. The summed E-state index contributed by atoms with van der Waals surface area (Å²) in [4.78, 5) is 17.9. The first-order chi connectivity index (χ1) is 12.5. The highest BCUT2D eigenvalue weighted by Gasteiger charge is 2.05. The molecule has 0 heterocycles. The Morgan fingerprint density at radius 1 is 1.15 bits per heavy atom. The number of likely N-dealkylation sites (N-methyl/N-ethyl adjacent to an activating group) is 1. The number of amides is 1. The zero-order valence-electron chi connectivity index (χ0n) is 16.1. The predicted octanol–water partition coefficient (Wildman–Crippen LogP) is 2.78. The van der Waals surface area contributed by atoms with E-state index in [1.165, 1.54) is 0 Å². The van der Waals surface area contributed by atoms with Gasteiger partial charge in [0.1, 0.15) is 0 Å². The van der Waals surface area contributed by atoms with E-state index in [9.17, 15) is 4.79 Å². The summed E-state index contributed by atoms with van der Waals surface area (Å²) in [5.74, 6) is 0.641. The number of nitrogens with zero attached hydrogens (tertiary/aromatic N) is 2. The number of halogens is 1. The lowest BCUT2D eigenvalue weighted by atomic mass is 10.2. The zero-order chi connectivity index (χ0) is 19.2. The third kappa shape index (κ3) is 10.4. The fourth-order valence-corrected chi connectivity index (χ4v) is 2.25. The number of carbonyl (C=O) groups is 1. The van der Waals surface area contributed by atoms with Crippen molar-refractivity contribution in [3.63, 3.8) is 0 Å². The number of hydrogen-bond acceptors (Lipinski definition) is 3. The lowest BCUT2D eigenvalue weighted by Crippen LogP contribution is -2.43. The Bertz CT molecular complexity index is 547. The highest BCUT2D eigenvalue weighted by molar-refractivity contribution is 9.10. The van der Waals surface area contributed by atoms with E-state index in [1.54, 1.807) is 19.0 Å². The second-order valence-corrected chi connectivity index (χ2v) is 7.09. The molecule has 0 aliphatic heterocycles. The number of rotatable bonds is 11. The summed E-state index contributed by atoms with van der Waals surface area (Å²) >= 11 is 3.43. The largest absolute Gasteiger partial charge is 0.381 e. The highest BCUT2D eigenvalue weighted by atomic mass is 79.9. The SMILES string of the molecule is CCCCOCCCNC(=NCc1ccc(Br)cc1)NCC(=O)N(C)C. The molecule has 0 aromatic heterocycles. The fraction of sp³-hybridized carbons (Fsp3) is 0.579. The van der Waals surface area contributed by atoms with E-state index >= 15 is 0 Å². The molecular weight excluding hydrogens is 396 g/mol. The predicted molar refractivity (Wildman–Crippen MR) is 110 cm³/mol. The van der Waals surface area contributed by atoms with Gasteiger partial charge in [0.25, 0.3) is 0 Å². The Kier molecular flexibility index (Phi) is 11.7. The molecule has 7 heteroatoms. The molecule has 0 saturated heterocycles. The Morgan fingerprint density at radius 3 is 2.50 bits per heavy atom. The van der Waals surface area contributed by atoms with Crippen molar-refractivity contribution in [2.45, 2.75) is 32.7 Å². The maximum absolute atomic E-state index is 11.8. The highest BCUT2D eigenvalue weighted by Crippen LogP contribution is 2.11. The van der Waals surface area contributed by atoms with E-state index in [-0.39, 0.29) is 12.5 Å². The van der Waals surface area contributed by atoms with Crippen molar-refractivity contribution in [1.29, 1.82) is 0 Å². The molecule has 0 fully saturated rings. The minimum atomic E-state index is 0.00559. The van der Waals surface area contributed by atoms with Crippen molar-refractivity contribution in [3.05, 3.63) is 34.3 Å². The van der Waals surface area contributed by atoms with Gasteiger partial charge in [0.15, 0.2) is 5.96 Å². The molecule has 0 bridgehead atoms. The minimum absolute atomic E-state index is 0.00559. The first kappa shape index (κ1) is 22.4. The van der Waals surface area contributed by atoms with Gasteiger partial charge in [-0.25, -0.2) is 4.99 Å². The van der Waals surface area contributed by atoms with Crippen LogP contribution in [0.3, 0.4) is 0 Å². The topological polar surface area (TPSA) is 66.0 Å². The fourth-order valence-electron chi connectivity index (χ4n) is 1.98. The van der Waals surface area contributed by atoms with Crippen molar-refractivity contribution in [2.24, 2.45) is 4.99 Å². The van der Waals surface area contributed by atoms with Gasteiger partial charge < -0.3 is 20.3 Å². The molecule has 6 nitrogen and oxygen atoms in total. The average Bonchev–Trinajstić information content (AvgIpc) is 2.63. The van der Waals surface area contributed by atoms with Crippen molar-refractivity contribution < 1.29 is 9.53 Å². The molecule has 0 spiro atoms. The maximum Gasteiger partial charge on any atom is 0.241 e. The summed E-state index contributed by atoms with van der Waals surface area (Å²) in [6.07, 6.45) is 3.14. The van der Waals surface area contributed by atoms with E-state index in [0.29, 0.717) is 12.5 Å². The normalized spacial score (nSPS) is 11.3. The Hall–Kier alpha value is -1.60. The van der Waals surface area contributed by atoms with Crippen molar-refractivity contribution in [3.8, 4) is 0 Å². The van der Waals surface area contributed by atoms with Crippen LogP contribution >= 0.6 is 15.9 Å². The van der Waals surface area contributed by atoms with Gasteiger partial charge in [-0.05, 0) is 30.5 Å². The monoisotopic (exact) mass is 426 g/mol. The lowest BCUT2D eigenvalue weighted by Gasteiger charge is -2.15. The smallest absolute Gasteiger partial charge is 0.241 e. The summed E-state index contributed by atoms with van der Waals surface area (Å²) in [6.45, 7) is 5.20. The van der Waals surface area contributed by atoms with Crippen LogP contribution in [0.15, 0.2) is 33.7 Å². The Labute approximate surface area is 165 Å². The molecular formula is C19H31BrN4O2. The summed E-state index contributed by atoms with van der Waals surface area (Å²) in [5.41, 5.74) is 1.11. The van der Waals surface area contributed by atoms with Gasteiger partial charge in [0.2, 0.25) is 5.91 Å². The van der Waals surface area contributed by atoms with E-state index in [2.05, 4.69) is 38.5 Å². The molecule has 0 atom stereocenters. The van der Waals surface area contributed by atoms with Gasteiger partial charge in [-0.2, -0.15) is 0 Å². The van der Waals surface area contributed by atoms with Gasteiger partial charge in [0.05, 0.1) is 13.1 Å². The number of guanidine groups is 1. The van der Waals surface area contributed by atoms with Crippen LogP contribution in [0.25, 0.3) is 0 Å². The number of unbranched alkanes of at least 4 members (excludes halogenated alkanes) is 1. The van der Waals surface area contributed by atoms with Gasteiger partial charge in [-0.1, -0.05) is 41.4 Å². The average molecular weight is 427 g/mol. The van der Waals surface area contributed by atoms with Crippen LogP contribution in [0.4, 0.5) is 0 Å². The van der Waals surface area contributed by atoms with Crippen LogP contribution in [-0.4, -0.2) is 57.2 Å². The molecule has 1 rings (SSSR count). The lowest BCUT2D eigenvalue weighted by molar-refractivity contribution is -0.127. The molecule has 1 aromatic carbocycles. The maximum atomic E-state index is 11.8. The minimum Gasteiger partial charge on any atom is -0.381 e. The number of benzene rings is 1. The molecule has 1 amide bonds. The Balaban J connectivity index is 2.47. The van der Waals surface area contributed by atoms with Crippen LogP contribution in [0.5, 0.6) is 0 Å². The summed E-state index contributed by atoms with van der Waals surface area (Å²) < 4.78 is 6.60. The zero-order valence-corrected chi connectivity index (χ0v) is 17.6. The number of hydrogen-bond donors (Lipinski definition) is 2. The van der Waals surface area contributed by atoms with Crippen molar-refractivity contribution >= 4 is 27.8 Å². The van der Waals surface area contributed by atoms with Gasteiger partial charge in [0, 0.05) is 38.3 Å². The second-order valence-electron chi connectivity index (χ2n) is 6.18. The molecule has 0 aliphatic carbocycles. The number of nitrogens with one attached hydrogen (secondary N) is 2. The van der Waals surface area contributed by atoms with Gasteiger partial charge in [-0.3, -0.25) is 4.79 Å².